The number of hydrogen-bond donors (Lipinski definition) is 2. The molecule has 1 aliphatic heterocycles. The number of halogens is 2. The van der Waals surface area contributed by atoms with Crippen LogP contribution in [0.2, 0.25) is 10.0 Å². The number of nitrogens with one attached hydrogen (secondary N) is 2. The Labute approximate surface area is 152 Å². The van der Waals surface area contributed by atoms with Crippen molar-refractivity contribution in [1.29, 1.82) is 0 Å². The number of hydrogen-bond acceptors (Lipinski definition) is 6. The van der Waals surface area contributed by atoms with Crippen LogP contribution in [-0.2, 0) is 9.59 Å². The summed E-state index contributed by atoms with van der Waals surface area (Å²) in [6, 6.07) is 4.97. The van der Waals surface area contributed by atoms with Crippen molar-refractivity contribution in [2.24, 2.45) is 0 Å². The second-order valence-electron chi connectivity index (χ2n) is 5.34. The summed E-state index contributed by atoms with van der Waals surface area (Å²) in [6.45, 7) is 1.64. The number of anilines is 1. The van der Waals surface area contributed by atoms with E-state index in [0.29, 0.717) is 10.8 Å². The third kappa shape index (κ3) is 3.51. The first kappa shape index (κ1) is 17.4. The van der Waals surface area contributed by atoms with Gasteiger partial charge in [-0.05, 0) is 25.1 Å². The van der Waals surface area contributed by atoms with E-state index in [1.54, 1.807) is 6.92 Å². The van der Waals surface area contributed by atoms with Crippen LogP contribution >= 0.6 is 23.2 Å². The van der Waals surface area contributed by atoms with Crippen LogP contribution in [0, 0.1) is 6.92 Å². The zero-order valence-corrected chi connectivity index (χ0v) is 14.4. The fourth-order valence-corrected chi connectivity index (χ4v) is 2.84. The Bertz CT molecular complexity index is 867. The van der Waals surface area contributed by atoms with Crippen LogP contribution in [0.5, 0.6) is 0 Å². The molecule has 0 radical (unpaired) electrons. The molecule has 0 unspecified atom stereocenters. The van der Waals surface area contributed by atoms with Crippen molar-refractivity contribution in [1.82, 2.24) is 16.0 Å². The first-order valence-electron chi connectivity index (χ1n) is 7.18. The number of carbonyl (C=O) groups excluding carboxylic acids is 3. The smallest absolute Gasteiger partial charge is 0.287 e. The summed E-state index contributed by atoms with van der Waals surface area (Å²) < 4.78 is 4.80. The molecule has 1 atom stereocenters. The lowest BCUT2D eigenvalue weighted by molar-refractivity contribution is -0.121. The van der Waals surface area contributed by atoms with E-state index in [9.17, 15) is 14.4 Å². The van der Waals surface area contributed by atoms with Gasteiger partial charge in [0.15, 0.2) is 5.69 Å². The summed E-state index contributed by atoms with van der Waals surface area (Å²) in [5, 5.41) is 4.12. The molecule has 1 aliphatic rings. The van der Waals surface area contributed by atoms with E-state index in [-0.39, 0.29) is 22.8 Å². The van der Waals surface area contributed by atoms with Crippen molar-refractivity contribution >= 4 is 46.6 Å². The number of imide groups is 1. The highest BCUT2D eigenvalue weighted by Crippen LogP contribution is 2.32. The largest absolute Gasteiger partial charge is 0.361 e. The summed E-state index contributed by atoms with van der Waals surface area (Å²) in [5.74, 6) is -1.09. The van der Waals surface area contributed by atoms with Crippen molar-refractivity contribution in [3.05, 3.63) is 45.8 Å². The average Bonchev–Trinajstić information content (AvgIpc) is 3.10. The topological polar surface area (TPSA) is 105 Å². The third-order valence-corrected chi connectivity index (χ3v) is 4.06. The van der Waals surface area contributed by atoms with Crippen molar-refractivity contribution < 1.29 is 18.9 Å². The number of rotatable bonds is 4. The quantitative estimate of drug-likeness (QED) is 0.617. The maximum Gasteiger partial charge on any atom is 0.287 e. The van der Waals surface area contributed by atoms with Crippen LogP contribution in [0.15, 0.2) is 28.8 Å². The van der Waals surface area contributed by atoms with Gasteiger partial charge in [-0.15, -0.1) is 0 Å². The fourth-order valence-electron chi connectivity index (χ4n) is 2.35. The normalized spacial score (nSPS) is 17.2. The van der Waals surface area contributed by atoms with E-state index in [0.717, 1.165) is 4.90 Å². The summed E-state index contributed by atoms with van der Waals surface area (Å²) in [4.78, 5) is 37.5. The summed E-state index contributed by atoms with van der Waals surface area (Å²) in [7, 11) is 0. The molecule has 1 aromatic heterocycles. The van der Waals surface area contributed by atoms with Crippen molar-refractivity contribution in [2.45, 2.75) is 19.4 Å². The molecule has 2 aromatic rings. The van der Waals surface area contributed by atoms with E-state index in [4.69, 9.17) is 27.7 Å². The molecule has 0 bridgehead atoms. The molecule has 0 saturated carbocycles. The first-order valence-corrected chi connectivity index (χ1v) is 7.93. The van der Waals surface area contributed by atoms with Gasteiger partial charge < -0.3 is 4.52 Å². The Morgan fingerprint density at radius 2 is 2.08 bits per heavy atom. The van der Waals surface area contributed by atoms with Crippen molar-refractivity contribution in [3.8, 4) is 0 Å². The van der Waals surface area contributed by atoms with Gasteiger partial charge in [-0.25, -0.2) is 10.3 Å². The van der Waals surface area contributed by atoms with Crippen LogP contribution in [0.25, 0.3) is 0 Å². The molecule has 1 saturated heterocycles. The highest BCUT2D eigenvalue weighted by atomic mass is 35.5. The number of aromatic nitrogens is 1. The van der Waals surface area contributed by atoms with Gasteiger partial charge in [-0.2, -0.15) is 0 Å². The number of benzene rings is 1. The molecule has 10 heteroatoms. The SMILES string of the molecule is Cc1cc(C(=O)NN[C@H]2CC(=O)N(c3ccc(Cl)cc3Cl)C2=O)no1. The van der Waals surface area contributed by atoms with Gasteiger partial charge in [0.2, 0.25) is 5.91 Å². The minimum Gasteiger partial charge on any atom is -0.361 e. The number of amides is 3. The maximum absolute atomic E-state index is 12.5. The number of carbonyl (C=O) groups is 3. The molecular weight excluding hydrogens is 371 g/mol. The Morgan fingerprint density at radius 1 is 1.32 bits per heavy atom. The molecular formula is C15H12Cl2N4O4. The summed E-state index contributed by atoms with van der Waals surface area (Å²) >= 11 is 11.9. The zero-order valence-electron chi connectivity index (χ0n) is 12.9. The van der Waals surface area contributed by atoms with E-state index in [1.165, 1.54) is 24.3 Å². The molecule has 0 aliphatic carbocycles. The van der Waals surface area contributed by atoms with Crippen LogP contribution < -0.4 is 15.8 Å². The fraction of sp³-hybridized carbons (Fsp3) is 0.200. The van der Waals surface area contributed by atoms with Crippen LogP contribution in [0.4, 0.5) is 5.69 Å². The molecule has 1 fully saturated rings. The Morgan fingerprint density at radius 3 is 2.72 bits per heavy atom. The number of hydrazine groups is 1. The number of nitrogens with zero attached hydrogens (tertiary/aromatic N) is 2. The van der Waals surface area contributed by atoms with Crippen LogP contribution in [0.1, 0.15) is 22.7 Å². The van der Waals surface area contributed by atoms with Gasteiger partial charge in [0.05, 0.1) is 17.1 Å². The summed E-state index contributed by atoms with van der Waals surface area (Å²) in [5.41, 5.74) is 5.17. The Balaban J connectivity index is 1.70. The number of aryl methyl sites for hydroxylation is 1. The van der Waals surface area contributed by atoms with E-state index in [1.807, 2.05) is 0 Å². The minimum atomic E-state index is -0.920. The standard InChI is InChI=1S/C15H12Cl2N4O4/c1-7-4-10(20-25-7)14(23)19-18-11-6-13(22)21(15(11)24)12-3-2-8(16)5-9(12)17/h2-5,11,18H,6H2,1H3,(H,19,23)/t11-/m0/s1. The van der Waals surface area contributed by atoms with E-state index < -0.39 is 23.8 Å². The highest BCUT2D eigenvalue weighted by Gasteiger charge is 2.40. The lowest BCUT2D eigenvalue weighted by Gasteiger charge is -2.17. The van der Waals surface area contributed by atoms with Gasteiger partial charge in [-0.3, -0.25) is 19.8 Å². The van der Waals surface area contributed by atoms with Gasteiger partial charge >= 0.3 is 0 Å². The zero-order chi connectivity index (χ0) is 18.1. The predicted octanol–water partition coefficient (Wildman–Crippen LogP) is 1.86. The second kappa shape index (κ2) is 6.83. The highest BCUT2D eigenvalue weighted by molar-refractivity contribution is 6.38. The van der Waals surface area contributed by atoms with Crippen molar-refractivity contribution in [3.63, 3.8) is 0 Å². The molecule has 130 valence electrons. The first-order chi connectivity index (χ1) is 11.9. The molecule has 25 heavy (non-hydrogen) atoms. The lowest BCUT2D eigenvalue weighted by Crippen LogP contribution is -2.48. The molecule has 2 heterocycles. The minimum absolute atomic E-state index is 0.0550. The van der Waals surface area contributed by atoms with E-state index in [2.05, 4.69) is 16.0 Å². The lowest BCUT2D eigenvalue weighted by atomic mass is 10.2. The molecule has 1 aromatic carbocycles. The van der Waals surface area contributed by atoms with Gasteiger partial charge in [0.1, 0.15) is 11.8 Å². The summed E-state index contributed by atoms with van der Waals surface area (Å²) in [6.07, 6.45) is -0.129. The van der Waals surface area contributed by atoms with Gasteiger partial charge in [0.25, 0.3) is 11.8 Å². The Kier molecular flexibility index (Phi) is 4.76. The molecule has 3 amide bonds. The average molecular weight is 383 g/mol. The predicted molar refractivity (Wildman–Crippen MR) is 89.2 cm³/mol. The van der Waals surface area contributed by atoms with Crippen LogP contribution in [0.3, 0.4) is 0 Å². The van der Waals surface area contributed by atoms with E-state index >= 15 is 0 Å². The van der Waals surface area contributed by atoms with Gasteiger partial charge in [0, 0.05) is 11.1 Å². The van der Waals surface area contributed by atoms with Gasteiger partial charge in [-0.1, -0.05) is 28.4 Å². The molecule has 2 N–H and O–H groups in total. The van der Waals surface area contributed by atoms with Crippen molar-refractivity contribution in [2.75, 3.05) is 4.90 Å². The molecule has 8 nitrogen and oxygen atoms in total. The third-order valence-electron chi connectivity index (χ3n) is 3.52. The molecule has 0 spiro atoms. The monoisotopic (exact) mass is 382 g/mol. The maximum atomic E-state index is 12.5. The van der Waals surface area contributed by atoms with Crippen LogP contribution in [-0.4, -0.2) is 28.9 Å². The Hall–Kier alpha value is -2.42. The second-order valence-corrected chi connectivity index (χ2v) is 6.18. The molecule has 3 rings (SSSR count).